The van der Waals surface area contributed by atoms with Gasteiger partial charge in [-0.3, -0.25) is 9.59 Å². The summed E-state index contributed by atoms with van der Waals surface area (Å²) < 4.78 is 76.7. The van der Waals surface area contributed by atoms with Gasteiger partial charge in [-0.15, -0.1) is 8.78 Å². The van der Waals surface area contributed by atoms with Crippen molar-refractivity contribution < 1.29 is 36.2 Å². The number of benzene rings is 2. The largest absolute Gasteiger partial charge is 0.586 e. The van der Waals surface area contributed by atoms with E-state index in [1.807, 2.05) is 0 Å². The second kappa shape index (κ2) is 9.08. The van der Waals surface area contributed by atoms with Crippen LogP contribution in [0.5, 0.6) is 11.5 Å². The number of imidazole rings is 1. The highest BCUT2D eigenvalue weighted by Gasteiger charge is 2.43. The second-order valence-corrected chi connectivity index (χ2v) is 8.28. The van der Waals surface area contributed by atoms with Crippen LogP contribution in [0.1, 0.15) is 18.1 Å². The lowest BCUT2D eigenvalue weighted by Crippen LogP contribution is -2.37. The van der Waals surface area contributed by atoms with E-state index >= 15 is 0 Å². The molecule has 2 aromatic carbocycles. The molecule has 4 aromatic rings. The molecule has 2 aromatic heterocycles. The number of carbonyl (C=O) groups is 1. The lowest BCUT2D eigenvalue weighted by molar-refractivity contribution is -0.286. The number of hydrogen-bond acceptors (Lipinski definition) is 7. The Morgan fingerprint density at radius 1 is 1.18 bits per heavy atom. The maximum atomic E-state index is 13.5. The van der Waals surface area contributed by atoms with Crippen molar-refractivity contribution >= 4 is 22.6 Å². The first-order valence-corrected chi connectivity index (χ1v) is 11.2. The Kier molecular flexibility index (Phi) is 5.97. The van der Waals surface area contributed by atoms with Crippen molar-refractivity contribution in [3.05, 3.63) is 64.2 Å². The number of alkyl halides is 5. The normalized spacial score (nSPS) is 13.9. The number of rotatable bonds is 5. The highest BCUT2D eigenvalue weighted by molar-refractivity contribution is 5.94. The first kappa shape index (κ1) is 25.6. The molecule has 0 radical (unpaired) electrons. The number of nitriles is 1. The molecule has 1 aliphatic rings. The Labute approximate surface area is 214 Å². The number of nitrogens with one attached hydrogen (secondary N) is 1. The van der Waals surface area contributed by atoms with Gasteiger partial charge in [0.25, 0.3) is 5.56 Å². The fourth-order valence-electron chi connectivity index (χ4n) is 4.10. The topological polar surface area (TPSA) is 126 Å². The highest BCUT2D eigenvalue weighted by Crippen LogP contribution is 2.43. The van der Waals surface area contributed by atoms with Gasteiger partial charge in [0.05, 0.1) is 29.0 Å². The van der Waals surface area contributed by atoms with Crippen LogP contribution in [0.4, 0.5) is 27.6 Å². The van der Waals surface area contributed by atoms with E-state index in [0.29, 0.717) is 6.07 Å². The van der Waals surface area contributed by atoms with Crippen molar-refractivity contribution in [1.82, 2.24) is 19.7 Å². The van der Waals surface area contributed by atoms with E-state index in [2.05, 4.69) is 24.5 Å². The number of fused-ring (bicyclic) bond motifs is 2. The Morgan fingerprint density at radius 2 is 1.92 bits per heavy atom. The van der Waals surface area contributed by atoms with Crippen molar-refractivity contribution in [2.75, 3.05) is 11.4 Å². The zero-order valence-corrected chi connectivity index (χ0v) is 19.7. The van der Waals surface area contributed by atoms with Gasteiger partial charge in [0.1, 0.15) is 12.2 Å². The summed E-state index contributed by atoms with van der Waals surface area (Å²) in [5.41, 5.74) is -2.52. The van der Waals surface area contributed by atoms with E-state index in [4.69, 9.17) is 0 Å². The van der Waals surface area contributed by atoms with Crippen LogP contribution in [0.2, 0.25) is 0 Å². The average Bonchev–Trinajstić information content (AvgIpc) is 3.48. The number of ether oxygens (including phenoxy) is 2. The van der Waals surface area contributed by atoms with E-state index in [9.17, 15) is 36.8 Å². The van der Waals surface area contributed by atoms with Crippen LogP contribution < -0.4 is 19.9 Å². The van der Waals surface area contributed by atoms with Crippen LogP contribution in [-0.2, 0) is 17.5 Å². The summed E-state index contributed by atoms with van der Waals surface area (Å²) >= 11 is 0. The summed E-state index contributed by atoms with van der Waals surface area (Å²) in [6.45, 7) is 0.985. The maximum absolute atomic E-state index is 13.5. The van der Waals surface area contributed by atoms with Gasteiger partial charge in [-0.1, -0.05) is 0 Å². The van der Waals surface area contributed by atoms with Gasteiger partial charge >= 0.3 is 12.5 Å². The lowest BCUT2D eigenvalue weighted by Gasteiger charge is -2.21. The third-order valence-electron chi connectivity index (χ3n) is 5.80. The number of nitrogens with zero attached hydrogens (tertiary/aromatic N) is 5. The van der Waals surface area contributed by atoms with Crippen molar-refractivity contribution in [2.24, 2.45) is 0 Å². The number of H-pyrrole nitrogens is 1. The van der Waals surface area contributed by atoms with Crippen LogP contribution >= 0.6 is 0 Å². The highest BCUT2D eigenvalue weighted by atomic mass is 19.4. The first-order valence-electron chi connectivity index (χ1n) is 11.2. The molecular weight excluding hydrogens is 531 g/mol. The van der Waals surface area contributed by atoms with Crippen LogP contribution in [0.25, 0.3) is 22.3 Å². The van der Waals surface area contributed by atoms with Crippen molar-refractivity contribution in [2.45, 2.75) is 25.9 Å². The molecule has 0 aliphatic carbocycles. The smallest absolute Gasteiger partial charge is 0.395 e. The van der Waals surface area contributed by atoms with E-state index in [0.717, 1.165) is 23.1 Å². The molecule has 0 saturated carbocycles. The lowest BCUT2D eigenvalue weighted by atomic mass is 10.0. The molecule has 3 heterocycles. The summed E-state index contributed by atoms with van der Waals surface area (Å²) in [4.78, 5) is 34.0. The summed E-state index contributed by atoms with van der Waals surface area (Å²) in [6.07, 6.45) is -7.48. The molecule has 200 valence electrons. The molecule has 0 unspecified atom stereocenters. The van der Waals surface area contributed by atoms with Crippen molar-refractivity contribution in [3.63, 3.8) is 0 Å². The standard InChI is InChI=1S/C24H15F5N6O4/c1-2-34(15-3-4-16-17(8-15)39-24(28,29)38-16)18(36)10-35-22(37)21-20(31-11-32-21)19(33-35)13-5-12(9-30)6-14(7-13)23(25,26)27/h3-8,11H,2,10H2,1H3,(H,31,32). The van der Waals surface area contributed by atoms with Crippen LogP contribution in [0.3, 0.4) is 0 Å². The molecule has 0 fully saturated rings. The van der Waals surface area contributed by atoms with Crippen LogP contribution in [0, 0.1) is 11.3 Å². The van der Waals surface area contributed by atoms with Gasteiger partial charge in [-0.2, -0.15) is 23.5 Å². The summed E-state index contributed by atoms with van der Waals surface area (Å²) in [5.74, 6) is -1.21. The van der Waals surface area contributed by atoms with E-state index in [-0.39, 0.29) is 51.6 Å². The second-order valence-electron chi connectivity index (χ2n) is 8.28. The van der Waals surface area contributed by atoms with Gasteiger partial charge in [-0.25, -0.2) is 9.67 Å². The monoisotopic (exact) mass is 546 g/mol. The minimum absolute atomic E-state index is 0.0101. The third kappa shape index (κ3) is 4.72. The number of amides is 1. The zero-order chi connectivity index (χ0) is 28.1. The fraction of sp³-hybridized carbons (Fsp3) is 0.208. The van der Waals surface area contributed by atoms with Gasteiger partial charge in [-0.05, 0) is 37.3 Å². The predicted octanol–water partition coefficient (Wildman–Crippen LogP) is 4.05. The molecule has 0 atom stereocenters. The van der Waals surface area contributed by atoms with Crippen molar-refractivity contribution in [1.29, 1.82) is 5.26 Å². The molecular formula is C24H15F5N6O4. The summed E-state index contributed by atoms with van der Waals surface area (Å²) in [6, 6.07) is 7.97. The average molecular weight is 546 g/mol. The minimum Gasteiger partial charge on any atom is -0.395 e. The number of hydrogen-bond donors (Lipinski definition) is 1. The molecule has 0 bridgehead atoms. The van der Waals surface area contributed by atoms with Gasteiger partial charge in [0.15, 0.2) is 17.0 Å². The molecule has 15 heteroatoms. The first-order chi connectivity index (χ1) is 18.4. The number of anilines is 1. The van der Waals surface area contributed by atoms with Gasteiger partial charge < -0.3 is 19.4 Å². The molecule has 0 saturated heterocycles. The minimum atomic E-state index is -4.77. The molecule has 1 N–H and O–H groups in total. The van der Waals surface area contributed by atoms with Crippen molar-refractivity contribution in [3.8, 4) is 28.8 Å². The summed E-state index contributed by atoms with van der Waals surface area (Å²) in [5, 5.41) is 13.4. The molecule has 10 nitrogen and oxygen atoms in total. The molecule has 1 aliphatic heterocycles. The number of likely N-dealkylation sites (N-methyl/N-ethyl adjacent to an activating group) is 1. The molecule has 1 amide bonds. The maximum Gasteiger partial charge on any atom is 0.586 e. The van der Waals surface area contributed by atoms with E-state index in [1.165, 1.54) is 23.1 Å². The quantitative estimate of drug-likeness (QED) is 0.374. The van der Waals surface area contributed by atoms with Gasteiger partial charge in [0, 0.05) is 23.9 Å². The third-order valence-corrected chi connectivity index (χ3v) is 5.80. The number of carbonyl (C=O) groups excluding carboxylic acids is 1. The van der Waals surface area contributed by atoms with E-state index < -0.39 is 36.0 Å². The van der Waals surface area contributed by atoms with E-state index in [1.54, 1.807) is 13.0 Å². The van der Waals surface area contributed by atoms with Gasteiger partial charge in [0.2, 0.25) is 5.91 Å². The summed E-state index contributed by atoms with van der Waals surface area (Å²) in [7, 11) is 0. The molecule has 39 heavy (non-hydrogen) atoms. The Morgan fingerprint density at radius 3 is 2.62 bits per heavy atom. The van der Waals surface area contributed by atoms with Crippen LogP contribution in [0.15, 0.2) is 47.5 Å². The van der Waals surface area contributed by atoms with Crippen LogP contribution in [-0.4, -0.2) is 38.5 Å². The Balaban J connectivity index is 1.55. The Hall–Kier alpha value is -5.00. The fourth-order valence-corrected chi connectivity index (χ4v) is 4.10. The SMILES string of the molecule is CCN(C(=O)Cn1nc(-c2cc(C#N)cc(C(F)(F)F)c2)c2[nH]cnc2c1=O)c1ccc2c(c1)OC(F)(F)O2. The molecule has 0 spiro atoms. The zero-order valence-electron chi connectivity index (χ0n) is 19.7. The number of halogens is 5. The number of aromatic nitrogens is 4. The molecule has 5 rings (SSSR count). The Bertz CT molecular complexity index is 1720. The number of aromatic amines is 1. The predicted molar refractivity (Wildman–Crippen MR) is 124 cm³/mol.